The van der Waals surface area contributed by atoms with Crippen LogP contribution in [0.15, 0.2) is 24.3 Å². The number of nitrogens with one attached hydrogen (secondary N) is 1. The lowest BCUT2D eigenvalue weighted by Gasteiger charge is -2.25. The van der Waals surface area contributed by atoms with Crippen LogP contribution in [0.2, 0.25) is 0 Å². The highest BCUT2D eigenvalue weighted by atomic mass is 16.5. The third-order valence-electron chi connectivity index (χ3n) is 4.14. The van der Waals surface area contributed by atoms with Crippen molar-refractivity contribution < 1.29 is 24.2 Å². The Hall–Kier alpha value is -2.57. The Labute approximate surface area is 140 Å². The smallest absolute Gasteiger partial charge is 0.306 e. The molecule has 1 aliphatic rings. The summed E-state index contributed by atoms with van der Waals surface area (Å²) < 4.78 is 5.22. The number of nitrogens with two attached hydrogens (primary N) is 1. The summed E-state index contributed by atoms with van der Waals surface area (Å²) in [5.74, 6) is -1.69. The van der Waals surface area contributed by atoms with E-state index in [1.807, 2.05) is 6.07 Å². The fourth-order valence-electron chi connectivity index (χ4n) is 2.89. The molecule has 0 heterocycles. The second-order valence-corrected chi connectivity index (χ2v) is 6.02. The van der Waals surface area contributed by atoms with Crippen LogP contribution < -0.4 is 15.8 Å². The van der Waals surface area contributed by atoms with Crippen molar-refractivity contribution in [3.63, 3.8) is 0 Å². The summed E-state index contributed by atoms with van der Waals surface area (Å²) in [5, 5.41) is 11.9. The van der Waals surface area contributed by atoms with Gasteiger partial charge in [-0.15, -0.1) is 0 Å². The highest BCUT2D eigenvalue weighted by Gasteiger charge is 2.30. The summed E-state index contributed by atoms with van der Waals surface area (Å²) in [6.07, 6.45) is 2.50. The molecule has 130 valence electrons. The van der Waals surface area contributed by atoms with Crippen molar-refractivity contribution >= 4 is 17.8 Å². The van der Waals surface area contributed by atoms with Crippen molar-refractivity contribution in [2.24, 2.45) is 17.6 Å². The monoisotopic (exact) mass is 334 g/mol. The van der Waals surface area contributed by atoms with Gasteiger partial charge in [-0.05, 0) is 37.0 Å². The molecule has 0 spiro atoms. The lowest BCUT2D eigenvalue weighted by molar-refractivity contribution is -0.144. The molecular weight excluding hydrogens is 312 g/mol. The first-order chi connectivity index (χ1) is 11.5. The molecule has 0 aromatic heterocycles. The summed E-state index contributed by atoms with van der Waals surface area (Å²) in [4.78, 5) is 34.0. The normalized spacial score (nSPS) is 20.2. The average molecular weight is 334 g/mol. The quantitative estimate of drug-likeness (QED) is 0.689. The van der Waals surface area contributed by atoms with Gasteiger partial charge in [-0.1, -0.05) is 18.6 Å². The molecule has 24 heavy (non-hydrogen) atoms. The van der Waals surface area contributed by atoms with Crippen LogP contribution >= 0.6 is 0 Å². The van der Waals surface area contributed by atoms with Crippen molar-refractivity contribution in [3.05, 3.63) is 29.8 Å². The minimum atomic E-state index is -0.827. The third kappa shape index (κ3) is 5.26. The fraction of sp³-hybridized carbons (Fsp3) is 0.471. The molecule has 7 nitrogen and oxygen atoms in total. The van der Waals surface area contributed by atoms with Crippen LogP contribution in [0.25, 0.3) is 0 Å². The van der Waals surface area contributed by atoms with Crippen LogP contribution in [-0.4, -0.2) is 29.5 Å². The number of ether oxygens (including phenoxy) is 1. The molecule has 0 bridgehead atoms. The maximum atomic E-state index is 12.2. The first-order valence-electron chi connectivity index (χ1n) is 7.96. The van der Waals surface area contributed by atoms with Crippen LogP contribution in [0, 0.1) is 11.8 Å². The summed E-state index contributed by atoms with van der Waals surface area (Å²) in [5.41, 5.74) is 5.86. The number of carbonyl (C=O) groups is 3. The van der Waals surface area contributed by atoms with Gasteiger partial charge in [0.2, 0.25) is 5.91 Å². The molecule has 2 rings (SSSR count). The highest BCUT2D eigenvalue weighted by molar-refractivity contribution is 5.80. The number of carbonyl (C=O) groups excluding carboxylic acids is 2. The van der Waals surface area contributed by atoms with E-state index in [1.165, 1.54) is 0 Å². The predicted molar refractivity (Wildman–Crippen MR) is 86.1 cm³/mol. The van der Waals surface area contributed by atoms with E-state index in [4.69, 9.17) is 15.6 Å². The van der Waals surface area contributed by atoms with Crippen LogP contribution in [0.3, 0.4) is 0 Å². The molecule has 1 aromatic carbocycles. The Bertz CT molecular complexity index is 617. The third-order valence-corrected chi connectivity index (χ3v) is 4.14. The molecular formula is C17H22N2O5. The molecule has 2 atom stereocenters. The summed E-state index contributed by atoms with van der Waals surface area (Å²) in [6.45, 7) is 0.120. The van der Waals surface area contributed by atoms with Crippen molar-refractivity contribution in [3.8, 4) is 5.75 Å². The lowest BCUT2D eigenvalue weighted by Crippen LogP contribution is -2.35. The van der Waals surface area contributed by atoms with E-state index in [9.17, 15) is 14.4 Å². The molecule has 0 saturated heterocycles. The van der Waals surface area contributed by atoms with Crippen molar-refractivity contribution in [2.45, 2.75) is 32.2 Å². The lowest BCUT2D eigenvalue weighted by atomic mass is 9.81. The number of rotatable bonds is 7. The van der Waals surface area contributed by atoms with Crippen LogP contribution in [0.5, 0.6) is 5.75 Å². The highest BCUT2D eigenvalue weighted by Crippen LogP contribution is 2.29. The van der Waals surface area contributed by atoms with E-state index >= 15 is 0 Å². The number of benzene rings is 1. The number of primary amides is 1. The number of hydrogen-bond acceptors (Lipinski definition) is 4. The summed E-state index contributed by atoms with van der Waals surface area (Å²) >= 11 is 0. The average Bonchev–Trinajstić information content (AvgIpc) is 2.58. The Morgan fingerprint density at radius 2 is 2.00 bits per heavy atom. The molecule has 2 amide bonds. The predicted octanol–water partition coefficient (Wildman–Crippen LogP) is 1.06. The van der Waals surface area contributed by atoms with Gasteiger partial charge in [0, 0.05) is 12.5 Å². The van der Waals surface area contributed by atoms with Crippen molar-refractivity contribution in [1.29, 1.82) is 0 Å². The first kappa shape index (κ1) is 17.8. The molecule has 0 radical (unpaired) electrons. The zero-order chi connectivity index (χ0) is 17.5. The van der Waals surface area contributed by atoms with Gasteiger partial charge in [0.1, 0.15) is 5.75 Å². The zero-order valence-electron chi connectivity index (χ0n) is 13.4. The molecule has 2 unspecified atom stereocenters. The summed E-state index contributed by atoms with van der Waals surface area (Å²) in [6, 6.07) is 7.02. The number of amides is 2. The Kier molecular flexibility index (Phi) is 6.17. The van der Waals surface area contributed by atoms with Gasteiger partial charge >= 0.3 is 5.97 Å². The van der Waals surface area contributed by atoms with Gasteiger partial charge in [0.05, 0.1) is 5.92 Å². The van der Waals surface area contributed by atoms with Gasteiger partial charge in [-0.25, -0.2) is 0 Å². The minimum Gasteiger partial charge on any atom is -0.484 e. The van der Waals surface area contributed by atoms with Gasteiger partial charge in [-0.3, -0.25) is 14.4 Å². The van der Waals surface area contributed by atoms with Crippen LogP contribution in [-0.2, 0) is 20.9 Å². The van der Waals surface area contributed by atoms with E-state index in [1.54, 1.807) is 18.2 Å². The van der Waals surface area contributed by atoms with Crippen molar-refractivity contribution in [2.75, 3.05) is 6.61 Å². The number of carboxylic acid groups (broad SMARTS) is 1. The largest absolute Gasteiger partial charge is 0.484 e. The SMILES string of the molecule is NC(=O)COc1cccc(CNC(=O)C2CCCC(C(=O)O)C2)c1. The first-order valence-corrected chi connectivity index (χ1v) is 7.96. The van der Waals surface area contributed by atoms with E-state index in [2.05, 4.69) is 5.32 Å². The molecule has 4 N–H and O–H groups in total. The van der Waals surface area contributed by atoms with Crippen LogP contribution in [0.1, 0.15) is 31.2 Å². The second-order valence-electron chi connectivity index (χ2n) is 6.02. The number of carboxylic acids is 1. The van der Waals surface area contributed by atoms with E-state index in [0.717, 1.165) is 18.4 Å². The van der Waals surface area contributed by atoms with E-state index in [0.29, 0.717) is 25.1 Å². The maximum Gasteiger partial charge on any atom is 0.306 e. The summed E-state index contributed by atoms with van der Waals surface area (Å²) in [7, 11) is 0. The molecule has 1 aromatic rings. The Morgan fingerprint density at radius 1 is 1.25 bits per heavy atom. The topological polar surface area (TPSA) is 119 Å². The number of aliphatic carboxylic acids is 1. The zero-order valence-corrected chi connectivity index (χ0v) is 13.4. The molecule has 1 saturated carbocycles. The standard InChI is InChI=1S/C17H22N2O5/c18-15(20)10-24-14-6-1-3-11(7-14)9-19-16(21)12-4-2-5-13(8-12)17(22)23/h1,3,6-7,12-13H,2,4-5,8-10H2,(H2,18,20)(H,19,21)(H,22,23). The number of hydrogen-bond donors (Lipinski definition) is 3. The Morgan fingerprint density at radius 3 is 2.71 bits per heavy atom. The van der Waals surface area contributed by atoms with Gasteiger partial charge in [0.15, 0.2) is 6.61 Å². The fourth-order valence-corrected chi connectivity index (χ4v) is 2.89. The second kappa shape index (κ2) is 8.33. The van der Waals surface area contributed by atoms with Crippen molar-refractivity contribution in [1.82, 2.24) is 5.32 Å². The molecule has 0 aliphatic heterocycles. The molecule has 1 fully saturated rings. The molecule has 1 aliphatic carbocycles. The Balaban J connectivity index is 1.86. The minimum absolute atomic E-state index is 0.121. The van der Waals surface area contributed by atoms with Gasteiger partial charge in [-0.2, -0.15) is 0 Å². The van der Waals surface area contributed by atoms with Gasteiger partial charge in [0.25, 0.3) is 5.91 Å². The van der Waals surface area contributed by atoms with E-state index < -0.39 is 17.8 Å². The van der Waals surface area contributed by atoms with E-state index in [-0.39, 0.29) is 18.4 Å². The van der Waals surface area contributed by atoms with Gasteiger partial charge < -0.3 is 20.9 Å². The van der Waals surface area contributed by atoms with Crippen LogP contribution in [0.4, 0.5) is 0 Å². The molecule has 7 heteroatoms. The maximum absolute atomic E-state index is 12.2.